The molecule has 0 saturated carbocycles. The summed E-state index contributed by atoms with van der Waals surface area (Å²) in [6, 6.07) is 0. The van der Waals surface area contributed by atoms with Crippen molar-refractivity contribution in [2.24, 2.45) is 5.92 Å². The van der Waals surface area contributed by atoms with Crippen LogP contribution in [0.3, 0.4) is 0 Å². The van der Waals surface area contributed by atoms with E-state index in [4.69, 9.17) is 4.74 Å². The molecule has 0 fully saturated rings. The predicted molar refractivity (Wildman–Crippen MR) is 58.0 cm³/mol. The van der Waals surface area contributed by atoms with Gasteiger partial charge in [-0.15, -0.1) is 0 Å². The van der Waals surface area contributed by atoms with Crippen molar-refractivity contribution in [2.45, 2.75) is 34.1 Å². The van der Waals surface area contributed by atoms with E-state index in [9.17, 15) is 9.59 Å². The van der Waals surface area contributed by atoms with Crippen LogP contribution in [0, 0.1) is 5.92 Å². The molecule has 0 rings (SSSR count). The lowest BCUT2D eigenvalue weighted by Gasteiger charge is -2.10. The van der Waals surface area contributed by atoms with Crippen LogP contribution in [0.25, 0.3) is 0 Å². The number of hydrogen-bond donors (Lipinski definition) is 1. The lowest BCUT2D eigenvalue weighted by Crippen LogP contribution is -2.21. The maximum absolute atomic E-state index is 11.2. The van der Waals surface area contributed by atoms with E-state index in [-0.39, 0.29) is 5.91 Å². The molecule has 0 radical (unpaired) electrons. The average molecular weight is 213 g/mol. The minimum Gasteiger partial charge on any atom is -0.463 e. The van der Waals surface area contributed by atoms with Gasteiger partial charge in [0, 0.05) is 18.7 Å². The quantitative estimate of drug-likeness (QED) is 0.557. The molecular formula is C11H19NO3. The molecule has 4 nitrogen and oxygen atoms in total. The number of amides is 1. The molecule has 0 heterocycles. The zero-order chi connectivity index (χ0) is 11.8. The lowest BCUT2D eigenvalue weighted by atomic mass is 10.1. The van der Waals surface area contributed by atoms with Crippen LogP contribution in [0.1, 0.15) is 34.1 Å². The predicted octanol–water partition coefficient (Wildman–Crippen LogP) is 1.62. The van der Waals surface area contributed by atoms with Crippen LogP contribution in [0.4, 0.5) is 0 Å². The van der Waals surface area contributed by atoms with Crippen LogP contribution in [-0.2, 0) is 14.3 Å². The van der Waals surface area contributed by atoms with Crippen LogP contribution >= 0.6 is 0 Å². The number of esters is 1. The number of allylic oxidation sites excluding steroid dienone is 1. The van der Waals surface area contributed by atoms with Gasteiger partial charge in [-0.05, 0) is 19.3 Å². The van der Waals surface area contributed by atoms with Crippen molar-refractivity contribution >= 4 is 11.9 Å². The standard InChI is InChI=1S/C11H19NO3/c1-5-15-11(14)7-10(6-8(2)3)12-9(4)13/h7-8H,5-6H2,1-4H3,(H,12,13)/b10-7+. The van der Waals surface area contributed by atoms with Gasteiger partial charge in [-0.1, -0.05) is 13.8 Å². The summed E-state index contributed by atoms with van der Waals surface area (Å²) in [7, 11) is 0. The Kier molecular flexibility index (Phi) is 6.42. The largest absolute Gasteiger partial charge is 0.463 e. The molecule has 0 bridgehead atoms. The molecule has 0 aliphatic carbocycles. The van der Waals surface area contributed by atoms with Crippen molar-refractivity contribution < 1.29 is 14.3 Å². The van der Waals surface area contributed by atoms with Gasteiger partial charge in [0.2, 0.25) is 5.91 Å². The summed E-state index contributed by atoms with van der Waals surface area (Å²) in [6.45, 7) is 7.53. The van der Waals surface area contributed by atoms with Gasteiger partial charge in [-0.3, -0.25) is 4.79 Å². The second-order valence-electron chi connectivity index (χ2n) is 3.70. The zero-order valence-corrected chi connectivity index (χ0v) is 9.79. The first-order valence-electron chi connectivity index (χ1n) is 5.10. The Morgan fingerprint density at radius 3 is 2.40 bits per heavy atom. The topological polar surface area (TPSA) is 55.4 Å². The number of rotatable bonds is 5. The van der Waals surface area contributed by atoms with E-state index in [0.717, 1.165) is 0 Å². The Morgan fingerprint density at radius 2 is 2.00 bits per heavy atom. The second-order valence-corrected chi connectivity index (χ2v) is 3.70. The summed E-state index contributed by atoms with van der Waals surface area (Å²) >= 11 is 0. The molecule has 0 aromatic rings. The Bertz CT molecular complexity index is 257. The second kappa shape index (κ2) is 7.04. The third kappa shape index (κ3) is 7.73. The Labute approximate surface area is 90.7 Å². The minimum atomic E-state index is -0.415. The monoisotopic (exact) mass is 213 g/mol. The molecule has 0 aromatic carbocycles. The van der Waals surface area contributed by atoms with Gasteiger partial charge in [0.1, 0.15) is 0 Å². The van der Waals surface area contributed by atoms with E-state index in [1.165, 1.54) is 13.0 Å². The fourth-order valence-corrected chi connectivity index (χ4v) is 1.14. The molecule has 4 heteroatoms. The van der Waals surface area contributed by atoms with E-state index in [0.29, 0.717) is 24.6 Å². The smallest absolute Gasteiger partial charge is 0.332 e. The molecule has 15 heavy (non-hydrogen) atoms. The Morgan fingerprint density at radius 1 is 1.40 bits per heavy atom. The molecule has 1 amide bonds. The van der Waals surface area contributed by atoms with E-state index in [1.807, 2.05) is 13.8 Å². The molecular weight excluding hydrogens is 194 g/mol. The van der Waals surface area contributed by atoms with Crippen molar-refractivity contribution in [2.75, 3.05) is 6.61 Å². The van der Waals surface area contributed by atoms with Crippen LogP contribution in [-0.4, -0.2) is 18.5 Å². The van der Waals surface area contributed by atoms with Crippen molar-refractivity contribution in [3.8, 4) is 0 Å². The van der Waals surface area contributed by atoms with Crippen LogP contribution in [0.15, 0.2) is 11.8 Å². The van der Waals surface area contributed by atoms with E-state index in [2.05, 4.69) is 5.32 Å². The van der Waals surface area contributed by atoms with Gasteiger partial charge < -0.3 is 10.1 Å². The summed E-state index contributed by atoms with van der Waals surface area (Å²) in [5, 5.41) is 2.62. The normalized spacial score (nSPS) is 11.4. The highest BCUT2D eigenvalue weighted by Crippen LogP contribution is 2.08. The maximum atomic E-state index is 11.2. The summed E-state index contributed by atoms with van der Waals surface area (Å²) in [5.74, 6) is -0.217. The van der Waals surface area contributed by atoms with Crippen molar-refractivity contribution in [1.29, 1.82) is 0 Å². The third-order valence-electron chi connectivity index (χ3n) is 1.54. The van der Waals surface area contributed by atoms with Gasteiger partial charge in [0.05, 0.1) is 6.61 Å². The maximum Gasteiger partial charge on any atom is 0.332 e. The number of carbonyl (C=O) groups is 2. The molecule has 0 aromatic heterocycles. The third-order valence-corrected chi connectivity index (χ3v) is 1.54. The molecule has 0 spiro atoms. The fourth-order valence-electron chi connectivity index (χ4n) is 1.14. The molecule has 0 unspecified atom stereocenters. The molecule has 1 N–H and O–H groups in total. The Hall–Kier alpha value is -1.32. The first kappa shape index (κ1) is 13.7. The molecule has 86 valence electrons. The summed E-state index contributed by atoms with van der Waals surface area (Å²) in [5.41, 5.74) is 0.607. The summed E-state index contributed by atoms with van der Waals surface area (Å²) in [4.78, 5) is 22.0. The van der Waals surface area contributed by atoms with E-state index >= 15 is 0 Å². The van der Waals surface area contributed by atoms with Crippen LogP contribution < -0.4 is 5.32 Å². The average Bonchev–Trinajstić information content (AvgIpc) is 2.00. The fraction of sp³-hybridized carbons (Fsp3) is 0.636. The van der Waals surface area contributed by atoms with Gasteiger partial charge in [-0.2, -0.15) is 0 Å². The SMILES string of the molecule is CCOC(=O)/C=C(\CC(C)C)NC(C)=O. The number of carbonyl (C=O) groups excluding carboxylic acids is 2. The molecule has 0 aliphatic heterocycles. The Balaban J connectivity index is 4.45. The highest BCUT2D eigenvalue weighted by molar-refractivity contribution is 5.84. The van der Waals surface area contributed by atoms with Crippen LogP contribution in [0.2, 0.25) is 0 Å². The highest BCUT2D eigenvalue weighted by Gasteiger charge is 2.06. The van der Waals surface area contributed by atoms with Gasteiger partial charge in [0.25, 0.3) is 0 Å². The lowest BCUT2D eigenvalue weighted by molar-refractivity contribution is -0.137. The molecule has 0 atom stereocenters. The molecule has 0 saturated heterocycles. The summed E-state index contributed by atoms with van der Waals surface area (Å²) < 4.78 is 4.77. The highest BCUT2D eigenvalue weighted by atomic mass is 16.5. The van der Waals surface area contributed by atoms with E-state index in [1.54, 1.807) is 6.92 Å². The van der Waals surface area contributed by atoms with Gasteiger partial charge >= 0.3 is 5.97 Å². The first-order valence-corrected chi connectivity index (χ1v) is 5.10. The van der Waals surface area contributed by atoms with Crippen LogP contribution in [0.5, 0.6) is 0 Å². The number of ether oxygens (including phenoxy) is 1. The van der Waals surface area contributed by atoms with Crippen molar-refractivity contribution in [3.63, 3.8) is 0 Å². The van der Waals surface area contributed by atoms with Gasteiger partial charge in [-0.25, -0.2) is 4.79 Å². The van der Waals surface area contributed by atoms with Gasteiger partial charge in [0.15, 0.2) is 0 Å². The zero-order valence-electron chi connectivity index (χ0n) is 9.79. The number of nitrogens with one attached hydrogen (secondary N) is 1. The number of hydrogen-bond acceptors (Lipinski definition) is 3. The first-order chi connectivity index (χ1) is 6.95. The van der Waals surface area contributed by atoms with Crippen molar-refractivity contribution in [1.82, 2.24) is 5.32 Å². The van der Waals surface area contributed by atoms with Crippen molar-refractivity contribution in [3.05, 3.63) is 11.8 Å². The molecule has 0 aliphatic rings. The van der Waals surface area contributed by atoms with E-state index < -0.39 is 5.97 Å². The minimum absolute atomic E-state index is 0.175. The summed E-state index contributed by atoms with van der Waals surface area (Å²) in [6.07, 6.45) is 1.99.